The van der Waals surface area contributed by atoms with E-state index in [2.05, 4.69) is 37.7 Å². The molecule has 0 saturated heterocycles. The highest BCUT2D eigenvalue weighted by Gasteiger charge is 2.15. The molecular formula is C30H34Cl2N2O4. The Labute approximate surface area is 234 Å². The van der Waals surface area contributed by atoms with Crippen molar-refractivity contribution < 1.29 is 19.1 Å². The van der Waals surface area contributed by atoms with Gasteiger partial charge in [-0.3, -0.25) is 0 Å². The standard InChI is InChI=1S/C30H34Cl2N2O4/c1-19(2)13-26(31)17-37-29(35)23-9-5-21(6-10-23)25-15-33-28(34-16-25)22-7-11-24(12-8-22)30(36)38-18-27(32)14-20(3)4/h5-12,15-16,19-20,26-27H,13-14,17-18H2,1-4H3/t26-,27-/m1/s1. The van der Waals surface area contributed by atoms with E-state index < -0.39 is 11.9 Å². The van der Waals surface area contributed by atoms with Gasteiger partial charge in [0.25, 0.3) is 0 Å². The molecule has 38 heavy (non-hydrogen) atoms. The lowest BCUT2D eigenvalue weighted by molar-refractivity contribution is 0.0490. The Balaban J connectivity index is 1.57. The van der Waals surface area contributed by atoms with Crippen molar-refractivity contribution in [2.45, 2.75) is 51.3 Å². The van der Waals surface area contributed by atoms with Gasteiger partial charge in [0.2, 0.25) is 0 Å². The Kier molecular flexibility index (Phi) is 11.1. The van der Waals surface area contributed by atoms with Crippen LogP contribution in [0.25, 0.3) is 22.5 Å². The van der Waals surface area contributed by atoms with E-state index in [1.165, 1.54) is 0 Å². The first-order valence-electron chi connectivity index (χ1n) is 12.8. The van der Waals surface area contributed by atoms with E-state index in [1.807, 2.05) is 12.1 Å². The Morgan fingerprint density at radius 1 is 0.658 bits per heavy atom. The van der Waals surface area contributed by atoms with Crippen molar-refractivity contribution >= 4 is 35.1 Å². The highest BCUT2D eigenvalue weighted by atomic mass is 35.5. The molecule has 1 aromatic heterocycles. The van der Waals surface area contributed by atoms with Crippen LogP contribution in [0.1, 0.15) is 61.3 Å². The summed E-state index contributed by atoms with van der Waals surface area (Å²) in [6.07, 6.45) is 5.01. The molecule has 0 amide bonds. The number of aromatic nitrogens is 2. The summed E-state index contributed by atoms with van der Waals surface area (Å²) in [5.74, 6) is 0.601. The number of esters is 2. The number of ether oxygens (including phenoxy) is 2. The molecule has 0 spiro atoms. The van der Waals surface area contributed by atoms with Gasteiger partial charge in [-0.2, -0.15) is 0 Å². The summed E-state index contributed by atoms with van der Waals surface area (Å²) in [6, 6.07) is 14.0. The predicted octanol–water partition coefficient (Wildman–Crippen LogP) is 7.43. The molecule has 2 aromatic carbocycles. The summed E-state index contributed by atoms with van der Waals surface area (Å²) >= 11 is 12.4. The molecule has 0 bridgehead atoms. The smallest absolute Gasteiger partial charge is 0.338 e. The molecule has 2 atom stereocenters. The van der Waals surface area contributed by atoms with Crippen LogP contribution < -0.4 is 0 Å². The first kappa shape index (κ1) is 29.6. The molecular weight excluding hydrogens is 523 g/mol. The summed E-state index contributed by atoms with van der Waals surface area (Å²) in [4.78, 5) is 33.6. The van der Waals surface area contributed by atoms with Crippen LogP contribution in [-0.4, -0.2) is 45.9 Å². The molecule has 0 aliphatic rings. The van der Waals surface area contributed by atoms with Crippen LogP contribution in [0.4, 0.5) is 0 Å². The molecule has 0 saturated carbocycles. The number of rotatable bonds is 12. The fourth-order valence-electron chi connectivity index (χ4n) is 3.84. The third-order valence-corrected chi connectivity index (χ3v) is 6.34. The lowest BCUT2D eigenvalue weighted by Gasteiger charge is -2.12. The minimum atomic E-state index is -0.410. The van der Waals surface area contributed by atoms with Gasteiger partial charge in [0, 0.05) is 23.5 Å². The zero-order valence-electron chi connectivity index (χ0n) is 22.2. The third-order valence-electron chi connectivity index (χ3n) is 5.73. The zero-order chi connectivity index (χ0) is 27.7. The van der Waals surface area contributed by atoms with Gasteiger partial charge in [-0.25, -0.2) is 19.6 Å². The van der Waals surface area contributed by atoms with Gasteiger partial charge in [0.05, 0.1) is 21.9 Å². The van der Waals surface area contributed by atoms with Crippen molar-refractivity contribution in [3.8, 4) is 22.5 Å². The summed E-state index contributed by atoms with van der Waals surface area (Å²) in [5.41, 5.74) is 3.36. The second-order valence-electron chi connectivity index (χ2n) is 10.1. The fraction of sp³-hybridized carbons (Fsp3) is 0.400. The molecule has 3 rings (SSSR count). The van der Waals surface area contributed by atoms with Gasteiger partial charge in [-0.15, -0.1) is 23.2 Å². The quantitative estimate of drug-likeness (QED) is 0.170. The average Bonchev–Trinajstić information content (AvgIpc) is 2.90. The van der Waals surface area contributed by atoms with Crippen molar-refractivity contribution in [3.63, 3.8) is 0 Å². The molecule has 1 heterocycles. The first-order valence-corrected chi connectivity index (χ1v) is 13.6. The second-order valence-corrected chi connectivity index (χ2v) is 11.3. The van der Waals surface area contributed by atoms with Crippen molar-refractivity contribution in [3.05, 3.63) is 72.1 Å². The Hall–Kier alpha value is -2.96. The number of benzene rings is 2. The van der Waals surface area contributed by atoms with Crippen LogP contribution in [-0.2, 0) is 9.47 Å². The van der Waals surface area contributed by atoms with Crippen LogP contribution in [0.2, 0.25) is 0 Å². The Bertz CT molecular complexity index is 1090. The van der Waals surface area contributed by atoms with Crippen molar-refractivity contribution in [2.24, 2.45) is 11.8 Å². The number of hydrogen-bond donors (Lipinski definition) is 0. The highest BCUT2D eigenvalue weighted by molar-refractivity contribution is 6.21. The van der Waals surface area contributed by atoms with E-state index in [1.54, 1.807) is 48.8 Å². The predicted molar refractivity (Wildman–Crippen MR) is 152 cm³/mol. The third kappa shape index (κ3) is 9.10. The van der Waals surface area contributed by atoms with E-state index >= 15 is 0 Å². The maximum atomic E-state index is 12.3. The largest absolute Gasteiger partial charge is 0.461 e. The number of alkyl halides is 2. The molecule has 0 aliphatic carbocycles. The molecule has 0 radical (unpaired) electrons. The van der Waals surface area contributed by atoms with Gasteiger partial charge < -0.3 is 9.47 Å². The maximum absolute atomic E-state index is 12.3. The zero-order valence-corrected chi connectivity index (χ0v) is 23.7. The first-order chi connectivity index (χ1) is 18.1. The SMILES string of the molecule is CC(C)C[C@@H](Cl)COC(=O)c1ccc(-c2cnc(-c3ccc(C(=O)OC[C@H](Cl)CC(C)C)cc3)nc2)cc1. The van der Waals surface area contributed by atoms with Gasteiger partial charge in [-0.05, 0) is 54.5 Å². The molecule has 3 aromatic rings. The van der Waals surface area contributed by atoms with Crippen LogP contribution in [0, 0.1) is 11.8 Å². The minimum Gasteiger partial charge on any atom is -0.461 e. The molecule has 202 valence electrons. The number of halogens is 2. The van der Waals surface area contributed by atoms with E-state index in [0.717, 1.165) is 29.5 Å². The van der Waals surface area contributed by atoms with Crippen molar-refractivity contribution in [2.75, 3.05) is 13.2 Å². The van der Waals surface area contributed by atoms with Crippen molar-refractivity contribution in [1.29, 1.82) is 0 Å². The van der Waals surface area contributed by atoms with E-state index in [0.29, 0.717) is 28.8 Å². The number of hydrogen-bond acceptors (Lipinski definition) is 6. The molecule has 6 nitrogen and oxygen atoms in total. The van der Waals surface area contributed by atoms with Crippen LogP contribution in [0.5, 0.6) is 0 Å². The molecule has 0 aliphatic heterocycles. The van der Waals surface area contributed by atoms with Crippen LogP contribution in [0.15, 0.2) is 60.9 Å². The normalized spacial score (nSPS) is 12.8. The maximum Gasteiger partial charge on any atom is 0.338 e. The lowest BCUT2D eigenvalue weighted by atomic mass is 10.1. The fourth-order valence-corrected chi connectivity index (χ4v) is 4.68. The minimum absolute atomic E-state index is 0.180. The van der Waals surface area contributed by atoms with Gasteiger partial charge in [0.1, 0.15) is 13.2 Å². The second kappa shape index (κ2) is 14.3. The highest BCUT2D eigenvalue weighted by Crippen LogP contribution is 2.22. The topological polar surface area (TPSA) is 78.4 Å². The van der Waals surface area contributed by atoms with Crippen LogP contribution in [0.3, 0.4) is 0 Å². The van der Waals surface area contributed by atoms with Gasteiger partial charge in [-0.1, -0.05) is 52.0 Å². The summed E-state index contributed by atoms with van der Waals surface area (Å²) in [6.45, 7) is 8.67. The van der Waals surface area contributed by atoms with E-state index in [9.17, 15) is 9.59 Å². The molecule has 0 N–H and O–H groups in total. The monoisotopic (exact) mass is 556 g/mol. The Morgan fingerprint density at radius 2 is 1.05 bits per heavy atom. The average molecular weight is 558 g/mol. The Morgan fingerprint density at radius 3 is 1.45 bits per heavy atom. The van der Waals surface area contributed by atoms with Gasteiger partial charge >= 0.3 is 11.9 Å². The molecule has 0 fully saturated rings. The van der Waals surface area contributed by atoms with E-state index in [-0.39, 0.29) is 24.0 Å². The summed E-state index contributed by atoms with van der Waals surface area (Å²) in [7, 11) is 0. The number of carbonyl (C=O) groups excluding carboxylic acids is 2. The summed E-state index contributed by atoms with van der Waals surface area (Å²) < 4.78 is 10.7. The number of carbonyl (C=O) groups is 2. The van der Waals surface area contributed by atoms with Gasteiger partial charge in [0.15, 0.2) is 5.82 Å². The molecule has 8 heteroatoms. The number of nitrogens with zero attached hydrogens (tertiary/aromatic N) is 2. The molecule has 0 unspecified atom stereocenters. The van der Waals surface area contributed by atoms with Crippen molar-refractivity contribution in [1.82, 2.24) is 9.97 Å². The lowest BCUT2D eigenvalue weighted by Crippen LogP contribution is -2.16. The summed E-state index contributed by atoms with van der Waals surface area (Å²) in [5, 5.41) is -0.398. The van der Waals surface area contributed by atoms with E-state index in [4.69, 9.17) is 32.7 Å². The van der Waals surface area contributed by atoms with Crippen LogP contribution >= 0.6 is 23.2 Å².